The van der Waals surface area contributed by atoms with Gasteiger partial charge in [-0.05, 0) is 38.0 Å². The fourth-order valence-electron chi connectivity index (χ4n) is 1.88. The average Bonchev–Trinajstić information content (AvgIpc) is 2.75. The Morgan fingerprint density at radius 1 is 1.47 bits per heavy atom. The van der Waals surface area contributed by atoms with Gasteiger partial charge in [-0.15, -0.1) is 0 Å². The molecule has 0 bridgehead atoms. The number of nitrogens with one attached hydrogen (secondary N) is 2. The van der Waals surface area contributed by atoms with Gasteiger partial charge in [0.2, 0.25) is 0 Å². The summed E-state index contributed by atoms with van der Waals surface area (Å²) in [5, 5.41) is 6.16. The van der Waals surface area contributed by atoms with E-state index in [4.69, 9.17) is 0 Å². The molecule has 1 aliphatic heterocycles. The van der Waals surface area contributed by atoms with Crippen molar-refractivity contribution < 1.29 is 4.79 Å². The number of fused-ring (bicyclic) bond motifs is 1. The van der Waals surface area contributed by atoms with E-state index >= 15 is 0 Å². The molecule has 1 aromatic carbocycles. The molecule has 0 aliphatic carbocycles. The Labute approximate surface area is 102 Å². The van der Waals surface area contributed by atoms with E-state index in [2.05, 4.69) is 10.6 Å². The van der Waals surface area contributed by atoms with Crippen LogP contribution in [-0.2, 0) is 6.42 Å². The van der Waals surface area contributed by atoms with Gasteiger partial charge >= 0.3 is 0 Å². The Bertz CT molecular complexity index is 459. The summed E-state index contributed by atoms with van der Waals surface area (Å²) in [6.45, 7) is 5.60. The van der Waals surface area contributed by atoms with E-state index in [-0.39, 0.29) is 5.91 Å². The average molecular weight is 230 g/mol. The molecule has 1 amide bonds. The second kappa shape index (κ2) is 5.04. The van der Waals surface area contributed by atoms with Gasteiger partial charge in [0.1, 0.15) is 0 Å². The molecular weight excluding hydrogens is 212 g/mol. The Morgan fingerprint density at radius 3 is 3.06 bits per heavy atom. The lowest BCUT2D eigenvalue weighted by Crippen LogP contribution is -2.23. The second-order valence-corrected chi connectivity index (χ2v) is 4.54. The summed E-state index contributed by atoms with van der Waals surface area (Å²) < 4.78 is 0. The predicted molar refractivity (Wildman–Crippen MR) is 70.4 cm³/mol. The van der Waals surface area contributed by atoms with Crippen LogP contribution in [0.1, 0.15) is 29.8 Å². The zero-order valence-electron chi connectivity index (χ0n) is 10.3. The van der Waals surface area contributed by atoms with E-state index in [0.29, 0.717) is 6.54 Å². The van der Waals surface area contributed by atoms with Crippen molar-refractivity contribution in [3.05, 3.63) is 41.0 Å². The molecule has 1 aliphatic rings. The molecule has 0 unspecified atom stereocenters. The molecule has 0 radical (unpaired) electrons. The lowest BCUT2D eigenvalue weighted by molar-refractivity contribution is 0.0958. The number of hydrogen-bond acceptors (Lipinski definition) is 2. The smallest absolute Gasteiger partial charge is 0.251 e. The van der Waals surface area contributed by atoms with Crippen LogP contribution >= 0.6 is 0 Å². The summed E-state index contributed by atoms with van der Waals surface area (Å²) in [4.78, 5) is 11.9. The van der Waals surface area contributed by atoms with E-state index in [1.165, 1.54) is 11.1 Å². The number of hydrogen-bond donors (Lipinski definition) is 2. The van der Waals surface area contributed by atoms with Crippen LogP contribution in [0.2, 0.25) is 0 Å². The Hall–Kier alpha value is -1.77. The third-order valence-corrected chi connectivity index (χ3v) is 2.85. The number of anilines is 1. The summed E-state index contributed by atoms with van der Waals surface area (Å²) in [7, 11) is 0. The molecule has 3 heteroatoms. The van der Waals surface area contributed by atoms with Gasteiger partial charge in [0, 0.05) is 24.3 Å². The number of carbonyl (C=O) groups is 1. The zero-order chi connectivity index (χ0) is 12.3. The number of benzene rings is 1. The molecule has 0 fully saturated rings. The first-order valence-electron chi connectivity index (χ1n) is 5.95. The van der Waals surface area contributed by atoms with E-state index in [9.17, 15) is 4.79 Å². The summed E-state index contributed by atoms with van der Waals surface area (Å²) in [5.74, 6) is -0.0148. The highest BCUT2D eigenvalue weighted by molar-refractivity contribution is 5.95. The van der Waals surface area contributed by atoms with Gasteiger partial charge in [-0.1, -0.05) is 17.7 Å². The minimum Gasteiger partial charge on any atom is -0.384 e. The maximum Gasteiger partial charge on any atom is 0.251 e. The first-order valence-corrected chi connectivity index (χ1v) is 5.95. The van der Waals surface area contributed by atoms with Crippen LogP contribution in [0.5, 0.6) is 0 Å². The molecule has 2 N–H and O–H groups in total. The van der Waals surface area contributed by atoms with Crippen LogP contribution in [0, 0.1) is 0 Å². The Morgan fingerprint density at radius 2 is 2.29 bits per heavy atom. The van der Waals surface area contributed by atoms with Crippen LogP contribution in [0.15, 0.2) is 29.8 Å². The highest BCUT2D eigenvalue weighted by Gasteiger charge is 2.12. The monoisotopic (exact) mass is 230 g/mol. The van der Waals surface area contributed by atoms with Gasteiger partial charge in [0.15, 0.2) is 0 Å². The lowest BCUT2D eigenvalue weighted by atomic mass is 10.1. The number of amides is 1. The maximum atomic E-state index is 11.9. The molecule has 0 aromatic heterocycles. The van der Waals surface area contributed by atoms with Gasteiger partial charge in [0.05, 0.1) is 0 Å². The second-order valence-electron chi connectivity index (χ2n) is 4.54. The van der Waals surface area contributed by atoms with E-state index in [1.807, 2.05) is 38.1 Å². The van der Waals surface area contributed by atoms with Crippen molar-refractivity contribution in [2.45, 2.75) is 20.3 Å². The SMILES string of the molecule is CC(C)=CCNC(=O)c1ccc2c(c1)NCC2. The van der Waals surface area contributed by atoms with Crippen molar-refractivity contribution in [1.29, 1.82) is 0 Å². The number of carbonyl (C=O) groups excluding carboxylic acids is 1. The number of allylic oxidation sites excluding steroid dienone is 1. The fourth-order valence-corrected chi connectivity index (χ4v) is 1.88. The lowest BCUT2D eigenvalue weighted by Gasteiger charge is -2.05. The summed E-state index contributed by atoms with van der Waals surface area (Å²) in [6.07, 6.45) is 3.05. The molecule has 0 spiro atoms. The van der Waals surface area contributed by atoms with Crippen molar-refractivity contribution in [2.24, 2.45) is 0 Å². The van der Waals surface area contributed by atoms with Crippen LogP contribution in [0.25, 0.3) is 0 Å². The van der Waals surface area contributed by atoms with Crippen molar-refractivity contribution in [2.75, 3.05) is 18.4 Å². The molecule has 0 saturated carbocycles. The van der Waals surface area contributed by atoms with Crippen molar-refractivity contribution >= 4 is 11.6 Å². The zero-order valence-corrected chi connectivity index (χ0v) is 10.3. The largest absolute Gasteiger partial charge is 0.384 e. The molecule has 3 nitrogen and oxygen atoms in total. The third kappa shape index (κ3) is 2.87. The highest BCUT2D eigenvalue weighted by Crippen LogP contribution is 2.22. The number of rotatable bonds is 3. The summed E-state index contributed by atoms with van der Waals surface area (Å²) >= 11 is 0. The Balaban J connectivity index is 2.02. The fraction of sp³-hybridized carbons (Fsp3) is 0.357. The van der Waals surface area contributed by atoms with Crippen LogP contribution < -0.4 is 10.6 Å². The molecule has 0 atom stereocenters. The highest BCUT2D eigenvalue weighted by atomic mass is 16.1. The predicted octanol–water partition coefficient (Wildman–Crippen LogP) is 2.35. The van der Waals surface area contributed by atoms with E-state index in [1.54, 1.807) is 0 Å². The third-order valence-electron chi connectivity index (χ3n) is 2.85. The molecule has 1 heterocycles. The van der Waals surface area contributed by atoms with Gasteiger partial charge < -0.3 is 10.6 Å². The molecular formula is C14H18N2O. The van der Waals surface area contributed by atoms with Gasteiger partial charge in [-0.25, -0.2) is 0 Å². The topological polar surface area (TPSA) is 41.1 Å². The minimum atomic E-state index is -0.0148. The normalized spacial score (nSPS) is 12.6. The van der Waals surface area contributed by atoms with E-state index in [0.717, 1.165) is 24.2 Å². The maximum absolute atomic E-state index is 11.9. The van der Waals surface area contributed by atoms with Crippen LogP contribution in [0.4, 0.5) is 5.69 Å². The van der Waals surface area contributed by atoms with Crippen LogP contribution in [-0.4, -0.2) is 19.0 Å². The quantitative estimate of drug-likeness (QED) is 0.783. The Kier molecular flexibility index (Phi) is 3.47. The first-order chi connectivity index (χ1) is 8.16. The van der Waals surface area contributed by atoms with Gasteiger partial charge in [-0.3, -0.25) is 4.79 Å². The molecule has 90 valence electrons. The van der Waals surface area contributed by atoms with E-state index < -0.39 is 0 Å². The first kappa shape index (κ1) is 11.7. The summed E-state index contributed by atoms with van der Waals surface area (Å²) in [5.41, 5.74) is 4.33. The molecule has 1 aromatic rings. The van der Waals surface area contributed by atoms with Crippen molar-refractivity contribution in [1.82, 2.24) is 5.32 Å². The van der Waals surface area contributed by atoms with Crippen molar-refractivity contribution in [3.63, 3.8) is 0 Å². The molecule has 0 saturated heterocycles. The van der Waals surface area contributed by atoms with Gasteiger partial charge in [-0.2, -0.15) is 0 Å². The van der Waals surface area contributed by atoms with Crippen molar-refractivity contribution in [3.8, 4) is 0 Å². The summed E-state index contributed by atoms with van der Waals surface area (Å²) in [6, 6.07) is 5.86. The van der Waals surface area contributed by atoms with Crippen LogP contribution in [0.3, 0.4) is 0 Å². The minimum absolute atomic E-state index is 0.0148. The standard InChI is InChI=1S/C14H18N2O/c1-10(2)5-7-16-14(17)12-4-3-11-6-8-15-13(11)9-12/h3-5,9,15H,6-8H2,1-2H3,(H,16,17). The molecule has 17 heavy (non-hydrogen) atoms. The molecule has 2 rings (SSSR count). The van der Waals surface area contributed by atoms with Gasteiger partial charge in [0.25, 0.3) is 5.91 Å².